The van der Waals surface area contributed by atoms with Crippen molar-refractivity contribution in [2.24, 2.45) is 0 Å². The molecule has 2 heterocycles. The van der Waals surface area contributed by atoms with Crippen LogP contribution in [0.25, 0.3) is 10.2 Å². The van der Waals surface area contributed by atoms with E-state index in [1.807, 2.05) is 23.1 Å². The number of aromatic nitrogens is 1. The molecule has 1 amide bonds. The molecule has 4 rings (SSSR count). The van der Waals surface area contributed by atoms with Crippen molar-refractivity contribution in [1.82, 2.24) is 9.88 Å². The number of halogens is 1. The lowest BCUT2D eigenvalue weighted by molar-refractivity contribution is 0.0746. The van der Waals surface area contributed by atoms with Crippen LogP contribution in [0.2, 0.25) is 0 Å². The van der Waals surface area contributed by atoms with Gasteiger partial charge in [0.05, 0.1) is 10.2 Å². The molecule has 0 spiro atoms. The van der Waals surface area contributed by atoms with E-state index in [-0.39, 0.29) is 11.7 Å². The Morgan fingerprint density at radius 2 is 1.93 bits per heavy atom. The Balaban J connectivity index is 1.42. The number of carbonyl (C=O) groups excluding carboxylic acids is 1. The van der Waals surface area contributed by atoms with Crippen molar-refractivity contribution in [2.75, 3.05) is 31.1 Å². The van der Waals surface area contributed by atoms with E-state index < -0.39 is 0 Å². The third-order valence-electron chi connectivity index (χ3n) is 4.63. The molecule has 0 aliphatic carbocycles. The minimum absolute atomic E-state index is 0.0808. The van der Waals surface area contributed by atoms with Gasteiger partial charge in [-0.15, -0.1) is 11.8 Å². The highest BCUT2D eigenvalue weighted by atomic mass is 32.2. The fourth-order valence-electron chi connectivity index (χ4n) is 3.28. The second-order valence-corrected chi connectivity index (χ2v) is 9.74. The zero-order chi connectivity index (χ0) is 19.7. The smallest absolute Gasteiger partial charge is 0.254 e. The molecule has 1 aromatic heterocycles. The molecular formula is C21H22FN3OS2. The van der Waals surface area contributed by atoms with Crippen molar-refractivity contribution in [3.8, 4) is 0 Å². The van der Waals surface area contributed by atoms with E-state index >= 15 is 0 Å². The van der Waals surface area contributed by atoms with Crippen molar-refractivity contribution in [3.05, 3.63) is 53.8 Å². The number of hydrogen-bond donors (Lipinski definition) is 0. The first-order valence-electron chi connectivity index (χ1n) is 9.36. The molecule has 1 aliphatic heterocycles. The summed E-state index contributed by atoms with van der Waals surface area (Å²) in [4.78, 5) is 22.7. The number of thiazole rings is 1. The highest BCUT2D eigenvalue weighted by Gasteiger charge is 2.24. The first-order chi connectivity index (χ1) is 13.5. The van der Waals surface area contributed by atoms with Crippen LogP contribution in [0.15, 0.2) is 47.4 Å². The van der Waals surface area contributed by atoms with Crippen molar-refractivity contribution in [2.45, 2.75) is 24.0 Å². The van der Waals surface area contributed by atoms with Crippen LogP contribution in [-0.2, 0) is 0 Å². The van der Waals surface area contributed by atoms with E-state index in [2.05, 4.69) is 29.8 Å². The Morgan fingerprint density at radius 3 is 2.68 bits per heavy atom. The molecule has 0 saturated carbocycles. The summed E-state index contributed by atoms with van der Waals surface area (Å²) in [5, 5.41) is 1.37. The molecule has 0 unspecified atom stereocenters. The number of carbonyl (C=O) groups is 1. The first kappa shape index (κ1) is 19.2. The normalized spacial score (nSPS) is 14.9. The van der Waals surface area contributed by atoms with Gasteiger partial charge in [-0.25, -0.2) is 9.37 Å². The lowest BCUT2D eigenvalue weighted by atomic mass is 10.2. The summed E-state index contributed by atoms with van der Waals surface area (Å²) in [6.07, 6.45) is 0. The van der Waals surface area contributed by atoms with Crippen molar-refractivity contribution in [3.63, 3.8) is 0 Å². The molecule has 2 aromatic carbocycles. The highest BCUT2D eigenvalue weighted by molar-refractivity contribution is 7.99. The second kappa shape index (κ2) is 8.09. The highest BCUT2D eigenvalue weighted by Crippen LogP contribution is 2.30. The van der Waals surface area contributed by atoms with Crippen LogP contribution in [0, 0.1) is 5.82 Å². The van der Waals surface area contributed by atoms with Crippen LogP contribution < -0.4 is 4.90 Å². The maximum Gasteiger partial charge on any atom is 0.254 e. The quantitative estimate of drug-likeness (QED) is 0.568. The van der Waals surface area contributed by atoms with Crippen molar-refractivity contribution >= 4 is 44.4 Å². The molecule has 0 atom stereocenters. The molecule has 1 fully saturated rings. The average molecular weight is 416 g/mol. The molecule has 1 saturated heterocycles. The number of piperazine rings is 1. The fourth-order valence-corrected chi connectivity index (χ4v) is 5.22. The zero-order valence-corrected chi connectivity index (χ0v) is 17.5. The van der Waals surface area contributed by atoms with Crippen molar-refractivity contribution in [1.29, 1.82) is 0 Å². The lowest BCUT2D eigenvalue weighted by Crippen LogP contribution is -2.48. The van der Waals surface area contributed by atoms with Gasteiger partial charge in [-0.1, -0.05) is 31.3 Å². The molecule has 1 aliphatic rings. The molecule has 3 aromatic rings. The summed E-state index contributed by atoms with van der Waals surface area (Å²) in [7, 11) is 0. The number of benzene rings is 2. The summed E-state index contributed by atoms with van der Waals surface area (Å²) < 4.78 is 14.3. The number of thioether (sulfide) groups is 1. The van der Waals surface area contributed by atoms with Gasteiger partial charge in [-0.2, -0.15) is 0 Å². The molecule has 0 radical (unpaired) electrons. The van der Waals surface area contributed by atoms with E-state index in [0.717, 1.165) is 38.9 Å². The molecule has 7 heteroatoms. The second-order valence-electron chi connectivity index (χ2n) is 7.08. The maximum atomic E-state index is 13.4. The summed E-state index contributed by atoms with van der Waals surface area (Å²) in [5.41, 5.74) is 1.56. The molecule has 28 heavy (non-hydrogen) atoms. The number of nitrogens with zero attached hydrogens (tertiary/aromatic N) is 3. The number of rotatable bonds is 4. The Morgan fingerprint density at radius 1 is 1.14 bits per heavy atom. The van der Waals surface area contributed by atoms with Crippen LogP contribution in [-0.4, -0.2) is 47.2 Å². The molecule has 146 valence electrons. The molecule has 0 bridgehead atoms. The summed E-state index contributed by atoms with van der Waals surface area (Å²) in [5.74, 6) is -0.159. The zero-order valence-electron chi connectivity index (χ0n) is 15.9. The summed E-state index contributed by atoms with van der Waals surface area (Å²) in [6, 6.07) is 12.6. The number of hydrogen-bond acceptors (Lipinski definition) is 5. The van der Waals surface area contributed by atoms with Crippen LogP contribution in [0.3, 0.4) is 0 Å². The number of fused-ring (bicyclic) bond motifs is 1. The van der Waals surface area contributed by atoms with Gasteiger partial charge < -0.3 is 9.80 Å². The van der Waals surface area contributed by atoms with Crippen LogP contribution in [0.5, 0.6) is 0 Å². The van der Waals surface area contributed by atoms with Gasteiger partial charge >= 0.3 is 0 Å². The van der Waals surface area contributed by atoms with E-state index in [9.17, 15) is 9.18 Å². The Bertz CT molecular complexity index is 996. The topological polar surface area (TPSA) is 36.4 Å². The lowest BCUT2D eigenvalue weighted by Gasteiger charge is -2.34. The van der Waals surface area contributed by atoms with Crippen LogP contribution in [0.1, 0.15) is 24.2 Å². The van der Waals surface area contributed by atoms with Crippen LogP contribution >= 0.6 is 23.1 Å². The van der Waals surface area contributed by atoms with E-state index in [0.29, 0.717) is 18.3 Å². The Kier molecular flexibility index (Phi) is 5.55. The van der Waals surface area contributed by atoms with Gasteiger partial charge in [-0.05, 0) is 36.4 Å². The fraction of sp³-hybridized carbons (Fsp3) is 0.333. The average Bonchev–Trinajstić information content (AvgIpc) is 3.10. The molecular weight excluding hydrogens is 393 g/mol. The van der Waals surface area contributed by atoms with Gasteiger partial charge in [0, 0.05) is 41.9 Å². The standard InChI is InChI=1S/C21H22FN3OS2/c1-14(2)27-17-5-3-4-15(12-17)20(26)24-8-10-25(11-9-24)21-23-18-7-6-16(22)13-19(18)28-21/h3-7,12-14H,8-11H2,1-2H3. The van der Waals surface area contributed by atoms with E-state index in [1.54, 1.807) is 17.8 Å². The number of anilines is 1. The van der Waals surface area contributed by atoms with Crippen molar-refractivity contribution < 1.29 is 9.18 Å². The van der Waals surface area contributed by atoms with Gasteiger partial charge in [-0.3, -0.25) is 4.79 Å². The monoisotopic (exact) mass is 415 g/mol. The largest absolute Gasteiger partial charge is 0.345 e. The minimum atomic E-state index is -0.240. The third kappa shape index (κ3) is 4.15. The predicted octanol–water partition coefficient (Wildman–Crippen LogP) is 4.90. The van der Waals surface area contributed by atoms with E-state index in [4.69, 9.17) is 0 Å². The Labute approximate surface area is 172 Å². The number of amides is 1. The van der Waals surface area contributed by atoms with Gasteiger partial charge in [0.2, 0.25) is 0 Å². The maximum absolute atomic E-state index is 13.4. The molecule has 4 nitrogen and oxygen atoms in total. The predicted molar refractivity (Wildman–Crippen MR) is 115 cm³/mol. The van der Waals surface area contributed by atoms with E-state index in [1.165, 1.54) is 23.5 Å². The third-order valence-corrected chi connectivity index (χ3v) is 6.71. The summed E-state index contributed by atoms with van der Waals surface area (Å²) in [6.45, 7) is 7.07. The van der Waals surface area contributed by atoms with Gasteiger partial charge in [0.1, 0.15) is 5.82 Å². The first-order valence-corrected chi connectivity index (χ1v) is 11.1. The van der Waals surface area contributed by atoms with Crippen LogP contribution in [0.4, 0.5) is 9.52 Å². The molecule has 0 N–H and O–H groups in total. The Hall–Kier alpha value is -2.12. The minimum Gasteiger partial charge on any atom is -0.345 e. The van der Waals surface area contributed by atoms with Gasteiger partial charge in [0.15, 0.2) is 5.13 Å². The SMILES string of the molecule is CC(C)Sc1cccc(C(=O)N2CCN(c3nc4ccc(F)cc4s3)CC2)c1. The summed E-state index contributed by atoms with van der Waals surface area (Å²) >= 11 is 3.26. The van der Waals surface area contributed by atoms with Gasteiger partial charge in [0.25, 0.3) is 5.91 Å².